The largest absolute Gasteiger partial charge is 0.393 e. The minimum atomic E-state index is 0.553. The van der Waals surface area contributed by atoms with Gasteiger partial charge in [-0.1, -0.05) is 23.8 Å². The highest BCUT2D eigenvalue weighted by molar-refractivity contribution is 7.80. The standard InChI is InChI=1S/C9H14ClN3S/c1-6-9(10)7(2)13(12-6)5-3-4-8(11)14/h3-5H2,1-2H3,(H2,11,14). The maximum absolute atomic E-state index is 6.01. The van der Waals surface area contributed by atoms with E-state index in [1.807, 2.05) is 18.5 Å². The van der Waals surface area contributed by atoms with Crippen molar-refractivity contribution in [2.24, 2.45) is 5.73 Å². The minimum absolute atomic E-state index is 0.553. The molecule has 0 spiro atoms. The van der Waals surface area contributed by atoms with Crippen LogP contribution in [-0.2, 0) is 6.54 Å². The molecular weight excluding hydrogens is 218 g/mol. The maximum atomic E-state index is 6.01. The number of halogens is 1. The summed E-state index contributed by atoms with van der Waals surface area (Å²) in [5.74, 6) is 0. The smallest absolute Gasteiger partial charge is 0.0844 e. The summed E-state index contributed by atoms with van der Waals surface area (Å²) in [6.07, 6.45) is 1.67. The van der Waals surface area contributed by atoms with E-state index in [9.17, 15) is 0 Å². The van der Waals surface area contributed by atoms with E-state index in [4.69, 9.17) is 29.6 Å². The van der Waals surface area contributed by atoms with E-state index in [-0.39, 0.29) is 0 Å². The summed E-state index contributed by atoms with van der Waals surface area (Å²) in [7, 11) is 0. The van der Waals surface area contributed by atoms with Crippen molar-refractivity contribution in [2.45, 2.75) is 33.2 Å². The lowest BCUT2D eigenvalue weighted by molar-refractivity contribution is 0.572. The van der Waals surface area contributed by atoms with Crippen molar-refractivity contribution >= 4 is 28.8 Å². The Morgan fingerprint density at radius 1 is 1.57 bits per heavy atom. The molecule has 1 rings (SSSR count). The van der Waals surface area contributed by atoms with E-state index < -0.39 is 0 Å². The molecule has 0 saturated carbocycles. The first-order chi connectivity index (χ1) is 6.52. The highest BCUT2D eigenvalue weighted by atomic mass is 35.5. The quantitative estimate of drug-likeness (QED) is 0.809. The Labute approximate surface area is 94.2 Å². The first kappa shape index (κ1) is 11.5. The molecule has 0 aliphatic rings. The molecule has 14 heavy (non-hydrogen) atoms. The summed E-state index contributed by atoms with van der Waals surface area (Å²) in [5, 5.41) is 5.06. The Bertz CT molecular complexity index is 346. The summed E-state index contributed by atoms with van der Waals surface area (Å²) in [5.41, 5.74) is 7.29. The van der Waals surface area contributed by atoms with Crippen LogP contribution in [-0.4, -0.2) is 14.8 Å². The average Bonchev–Trinajstić information content (AvgIpc) is 2.33. The molecule has 0 fully saturated rings. The summed E-state index contributed by atoms with van der Waals surface area (Å²) < 4.78 is 1.90. The van der Waals surface area contributed by atoms with Gasteiger partial charge in [-0.05, 0) is 26.7 Å². The van der Waals surface area contributed by atoms with Gasteiger partial charge in [-0.25, -0.2) is 0 Å². The van der Waals surface area contributed by atoms with Crippen molar-refractivity contribution in [2.75, 3.05) is 0 Å². The molecule has 1 aromatic heterocycles. The van der Waals surface area contributed by atoms with E-state index in [2.05, 4.69) is 5.10 Å². The van der Waals surface area contributed by atoms with Crippen LogP contribution in [0.15, 0.2) is 0 Å². The molecule has 3 nitrogen and oxygen atoms in total. The van der Waals surface area contributed by atoms with Gasteiger partial charge in [0, 0.05) is 6.54 Å². The number of aryl methyl sites for hydroxylation is 2. The van der Waals surface area contributed by atoms with E-state index in [1.165, 1.54) is 0 Å². The molecule has 5 heteroatoms. The van der Waals surface area contributed by atoms with E-state index in [1.54, 1.807) is 0 Å². The number of hydrogen-bond donors (Lipinski definition) is 1. The lowest BCUT2D eigenvalue weighted by Gasteiger charge is -2.03. The molecule has 0 aliphatic carbocycles. The Kier molecular flexibility index (Phi) is 3.89. The van der Waals surface area contributed by atoms with Crippen LogP contribution in [0.2, 0.25) is 5.02 Å². The average molecular weight is 232 g/mol. The van der Waals surface area contributed by atoms with Gasteiger partial charge in [-0.3, -0.25) is 4.68 Å². The van der Waals surface area contributed by atoms with Gasteiger partial charge in [0.2, 0.25) is 0 Å². The number of nitrogens with zero attached hydrogens (tertiary/aromatic N) is 2. The SMILES string of the molecule is Cc1nn(CCCC(N)=S)c(C)c1Cl. The predicted molar refractivity (Wildman–Crippen MR) is 62.7 cm³/mol. The summed E-state index contributed by atoms with van der Waals surface area (Å²) in [4.78, 5) is 0.553. The fourth-order valence-corrected chi connectivity index (χ4v) is 1.58. The third kappa shape index (κ3) is 2.69. The number of nitrogens with two attached hydrogens (primary N) is 1. The van der Waals surface area contributed by atoms with Gasteiger partial charge in [0.1, 0.15) is 0 Å². The number of rotatable bonds is 4. The van der Waals surface area contributed by atoms with Crippen molar-refractivity contribution < 1.29 is 0 Å². The lowest BCUT2D eigenvalue weighted by atomic mass is 10.3. The first-order valence-electron chi connectivity index (χ1n) is 4.50. The van der Waals surface area contributed by atoms with Crippen molar-refractivity contribution in [1.82, 2.24) is 9.78 Å². The van der Waals surface area contributed by atoms with Crippen molar-refractivity contribution in [3.63, 3.8) is 0 Å². The fraction of sp³-hybridized carbons (Fsp3) is 0.556. The van der Waals surface area contributed by atoms with Crippen LogP contribution in [0.4, 0.5) is 0 Å². The zero-order valence-corrected chi connectivity index (χ0v) is 9.95. The normalized spacial score (nSPS) is 10.5. The Hall–Kier alpha value is -0.610. The Morgan fingerprint density at radius 3 is 2.64 bits per heavy atom. The molecular formula is C9H14ClN3S. The van der Waals surface area contributed by atoms with Gasteiger partial charge in [0.15, 0.2) is 0 Å². The van der Waals surface area contributed by atoms with Crippen molar-refractivity contribution in [3.05, 3.63) is 16.4 Å². The molecule has 0 radical (unpaired) electrons. The lowest BCUT2D eigenvalue weighted by Crippen LogP contribution is -2.10. The van der Waals surface area contributed by atoms with E-state index in [0.717, 1.165) is 35.8 Å². The van der Waals surface area contributed by atoms with Gasteiger partial charge < -0.3 is 5.73 Å². The van der Waals surface area contributed by atoms with Crippen molar-refractivity contribution in [1.29, 1.82) is 0 Å². The zero-order valence-electron chi connectivity index (χ0n) is 8.38. The van der Waals surface area contributed by atoms with Crippen molar-refractivity contribution in [3.8, 4) is 0 Å². The second-order valence-corrected chi connectivity index (χ2v) is 4.18. The monoisotopic (exact) mass is 231 g/mol. The Balaban J connectivity index is 2.59. The molecule has 78 valence electrons. The van der Waals surface area contributed by atoms with Gasteiger partial charge in [-0.2, -0.15) is 5.10 Å². The highest BCUT2D eigenvalue weighted by Gasteiger charge is 2.08. The Morgan fingerprint density at radius 2 is 2.21 bits per heavy atom. The van der Waals surface area contributed by atoms with Crippen LogP contribution in [0.1, 0.15) is 24.2 Å². The predicted octanol–water partition coefficient (Wildman–Crippen LogP) is 2.22. The molecule has 0 atom stereocenters. The summed E-state index contributed by atoms with van der Waals surface area (Å²) in [6.45, 7) is 4.68. The highest BCUT2D eigenvalue weighted by Crippen LogP contribution is 2.19. The molecule has 0 bridgehead atoms. The molecule has 1 heterocycles. The number of hydrogen-bond acceptors (Lipinski definition) is 2. The summed E-state index contributed by atoms with van der Waals surface area (Å²) >= 11 is 10.8. The maximum Gasteiger partial charge on any atom is 0.0844 e. The van der Waals surface area contributed by atoms with Crippen LogP contribution in [0, 0.1) is 13.8 Å². The van der Waals surface area contributed by atoms with E-state index >= 15 is 0 Å². The zero-order chi connectivity index (χ0) is 10.7. The topological polar surface area (TPSA) is 43.8 Å². The molecule has 0 amide bonds. The van der Waals surface area contributed by atoms with Crippen LogP contribution in [0.3, 0.4) is 0 Å². The van der Waals surface area contributed by atoms with Crippen LogP contribution >= 0.6 is 23.8 Å². The van der Waals surface area contributed by atoms with Gasteiger partial charge in [0.25, 0.3) is 0 Å². The number of aromatic nitrogens is 2. The van der Waals surface area contributed by atoms with Crippen LogP contribution < -0.4 is 5.73 Å². The summed E-state index contributed by atoms with van der Waals surface area (Å²) in [6, 6.07) is 0. The molecule has 0 aromatic carbocycles. The second-order valence-electron chi connectivity index (χ2n) is 3.28. The molecule has 1 aromatic rings. The van der Waals surface area contributed by atoms with Crippen LogP contribution in [0.5, 0.6) is 0 Å². The van der Waals surface area contributed by atoms with Gasteiger partial charge in [0.05, 0.1) is 21.4 Å². The molecule has 2 N–H and O–H groups in total. The van der Waals surface area contributed by atoms with Gasteiger partial charge >= 0.3 is 0 Å². The second kappa shape index (κ2) is 4.75. The molecule has 0 aliphatic heterocycles. The van der Waals surface area contributed by atoms with Gasteiger partial charge in [-0.15, -0.1) is 0 Å². The third-order valence-electron chi connectivity index (χ3n) is 2.09. The number of thiocarbonyl (C=S) groups is 1. The third-order valence-corrected chi connectivity index (χ3v) is 2.84. The molecule has 0 unspecified atom stereocenters. The fourth-order valence-electron chi connectivity index (χ4n) is 1.30. The van der Waals surface area contributed by atoms with Crippen LogP contribution in [0.25, 0.3) is 0 Å². The first-order valence-corrected chi connectivity index (χ1v) is 5.28. The minimum Gasteiger partial charge on any atom is -0.393 e. The molecule has 0 saturated heterocycles. The van der Waals surface area contributed by atoms with E-state index in [0.29, 0.717) is 4.99 Å².